The lowest BCUT2D eigenvalue weighted by molar-refractivity contribution is 0.0467. The first-order valence-corrected chi connectivity index (χ1v) is 12.6. The first-order chi connectivity index (χ1) is 17.7. The van der Waals surface area contributed by atoms with E-state index in [2.05, 4.69) is 23.2 Å². The maximum absolute atomic E-state index is 12.0. The van der Waals surface area contributed by atoms with Gasteiger partial charge in [0.05, 0.1) is 12.0 Å². The summed E-state index contributed by atoms with van der Waals surface area (Å²) in [5, 5.41) is 31.5. The summed E-state index contributed by atoms with van der Waals surface area (Å²) >= 11 is 0. The van der Waals surface area contributed by atoms with E-state index >= 15 is 0 Å². The Morgan fingerprint density at radius 2 is 1.95 bits per heavy atom. The predicted octanol–water partition coefficient (Wildman–Crippen LogP) is 3.66. The molecule has 2 aliphatic rings. The van der Waals surface area contributed by atoms with Gasteiger partial charge in [-0.1, -0.05) is 31.8 Å². The lowest BCUT2D eigenvalue weighted by atomic mass is 9.60. The first-order valence-electron chi connectivity index (χ1n) is 12.6. The lowest BCUT2D eigenvalue weighted by Crippen LogP contribution is -2.45. The smallest absolute Gasteiger partial charge is 0.407 e. The molecule has 1 saturated carbocycles. The predicted molar refractivity (Wildman–Crippen MR) is 144 cm³/mol. The largest absolute Gasteiger partial charge is 0.444 e. The van der Waals surface area contributed by atoms with Crippen molar-refractivity contribution in [1.82, 2.24) is 5.32 Å². The number of nitrogens with two attached hydrogens (primary N) is 2. The van der Waals surface area contributed by atoms with Gasteiger partial charge in [-0.2, -0.15) is 5.26 Å². The molecule has 0 bridgehead atoms. The Hall–Kier alpha value is -3.95. The number of aliphatic hydroxyl groups is 1. The van der Waals surface area contributed by atoms with E-state index in [-0.39, 0.29) is 47.5 Å². The van der Waals surface area contributed by atoms with Crippen LogP contribution in [-0.4, -0.2) is 28.6 Å². The number of carbonyl (C=O) groups is 1. The van der Waals surface area contributed by atoms with Gasteiger partial charge in [0.25, 0.3) is 0 Å². The third kappa shape index (κ3) is 5.64. The maximum atomic E-state index is 12.0. The van der Waals surface area contributed by atoms with Crippen LogP contribution in [0.1, 0.15) is 71.1 Å². The van der Waals surface area contributed by atoms with Gasteiger partial charge >= 0.3 is 6.09 Å². The Labute approximate surface area is 224 Å². The van der Waals surface area contributed by atoms with Crippen LogP contribution in [-0.2, 0) is 21.5 Å². The van der Waals surface area contributed by atoms with E-state index in [0.29, 0.717) is 35.1 Å². The van der Waals surface area contributed by atoms with Crippen molar-refractivity contribution in [3.8, 4) is 17.9 Å². The van der Waals surface area contributed by atoms with Gasteiger partial charge in [-0.3, -0.25) is 0 Å². The van der Waals surface area contributed by atoms with Crippen LogP contribution in [0, 0.1) is 40.4 Å². The zero-order valence-corrected chi connectivity index (χ0v) is 22.9. The fourth-order valence-electron chi connectivity index (χ4n) is 5.15. The summed E-state index contributed by atoms with van der Waals surface area (Å²) < 4.78 is 10.8. The number of allylic oxidation sites excluding steroid dienone is 2. The number of amides is 1. The lowest BCUT2D eigenvalue weighted by Gasteiger charge is -2.43. The topological polar surface area (TPSA) is 167 Å². The van der Waals surface area contributed by atoms with Gasteiger partial charge in [-0.15, -0.1) is 0 Å². The average Bonchev–Trinajstić information content (AvgIpc) is 2.77. The molecule has 1 aromatic carbocycles. The van der Waals surface area contributed by atoms with Crippen molar-refractivity contribution in [1.29, 1.82) is 10.7 Å². The van der Waals surface area contributed by atoms with E-state index in [1.165, 1.54) is 0 Å². The zero-order chi connectivity index (χ0) is 28.4. The number of benzene rings is 1. The molecule has 1 heterocycles. The van der Waals surface area contributed by atoms with Crippen molar-refractivity contribution in [3.05, 3.63) is 57.8 Å². The summed E-state index contributed by atoms with van der Waals surface area (Å²) in [5.41, 5.74) is 13.2. The number of nitriles is 1. The molecule has 3 rings (SSSR count). The number of rotatable bonds is 5. The van der Waals surface area contributed by atoms with E-state index in [9.17, 15) is 15.2 Å². The summed E-state index contributed by atoms with van der Waals surface area (Å²) in [4.78, 5) is 12.0. The van der Waals surface area contributed by atoms with E-state index in [0.717, 1.165) is 0 Å². The molecule has 1 fully saturated rings. The highest BCUT2D eigenvalue weighted by molar-refractivity contribution is 6.00. The van der Waals surface area contributed by atoms with Crippen LogP contribution < -0.4 is 16.8 Å². The van der Waals surface area contributed by atoms with Crippen LogP contribution in [0.15, 0.2) is 41.1 Å². The van der Waals surface area contributed by atoms with Crippen LogP contribution in [0.3, 0.4) is 0 Å². The van der Waals surface area contributed by atoms with Crippen molar-refractivity contribution in [2.75, 3.05) is 0 Å². The van der Waals surface area contributed by atoms with Gasteiger partial charge in [0.15, 0.2) is 5.88 Å². The Kier molecular flexibility index (Phi) is 8.14. The van der Waals surface area contributed by atoms with Crippen LogP contribution in [0.5, 0.6) is 0 Å². The molecule has 1 amide bonds. The minimum absolute atomic E-state index is 0.00692. The quantitative estimate of drug-likeness (QED) is 0.292. The highest BCUT2D eigenvalue weighted by atomic mass is 16.6. The second kappa shape index (κ2) is 10.8. The van der Waals surface area contributed by atoms with E-state index in [1.54, 1.807) is 19.1 Å². The molecule has 0 aromatic heterocycles. The molecule has 1 atom stereocenters. The molecule has 0 saturated heterocycles. The number of alkyl carbamates (subject to hydrolysis) is 1. The summed E-state index contributed by atoms with van der Waals surface area (Å²) in [6.45, 7) is 10.7. The SMILES string of the molecule is CC(=N)C1=C(N)OC(N)=C(C#N)C1(c1cc(C#CC2CC(NC(=O)OC(C)(C)C)C2)cc(CO)c1)C(C)C. The van der Waals surface area contributed by atoms with Crippen molar-refractivity contribution in [2.45, 2.75) is 78.0 Å². The molecule has 1 aromatic rings. The van der Waals surface area contributed by atoms with Gasteiger partial charge in [-0.25, -0.2) is 4.79 Å². The molecule has 9 heteroatoms. The summed E-state index contributed by atoms with van der Waals surface area (Å²) in [6, 6.07) is 7.64. The molecule has 0 spiro atoms. The van der Waals surface area contributed by atoms with Gasteiger partial charge in [0.1, 0.15) is 17.2 Å². The minimum atomic E-state index is -1.16. The molecule has 0 radical (unpaired) electrons. The molecular weight excluding hydrogens is 482 g/mol. The van der Waals surface area contributed by atoms with Gasteiger partial charge in [0, 0.05) is 28.8 Å². The number of carbonyl (C=O) groups excluding carboxylic acids is 1. The number of hydrogen-bond acceptors (Lipinski definition) is 8. The fraction of sp³-hybridized carbons (Fsp3) is 0.483. The van der Waals surface area contributed by atoms with E-state index in [4.69, 9.17) is 26.4 Å². The Morgan fingerprint density at radius 1 is 1.29 bits per heavy atom. The molecule has 202 valence electrons. The Bertz CT molecular complexity index is 1300. The normalized spacial score (nSPS) is 23.0. The third-order valence-electron chi connectivity index (χ3n) is 6.76. The van der Waals surface area contributed by atoms with Crippen molar-refractivity contribution in [2.24, 2.45) is 23.3 Å². The molecule has 1 aliphatic carbocycles. The molecule has 38 heavy (non-hydrogen) atoms. The molecule has 9 nitrogen and oxygen atoms in total. The van der Waals surface area contributed by atoms with Crippen molar-refractivity contribution < 1.29 is 19.4 Å². The first kappa shape index (κ1) is 28.6. The Morgan fingerprint density at radius 3 is 2.47 bits per heavy atom. The zero-order valence-electron chi connectivity index (χ0n) is 22.9. The summed E-state index contributed by atoms with van der Waals surface area (Å²) in [6.07, 6.45) is 0.982. The van der Waals surface area contributed by atoms with E-state index in [1.807, 2.05) is 40.7 Å². The number of hydrogen-bond donors (Lipinski definition) is 5. The monoisotopic (exact) mass is 519 g/mol. The van der Waals surface area contributed by atoms with Crippen LogP contribution in [0.4, 0.5) is 4.79 Å². The summed E-state index contributed by atoms with van der Waals surface area (Å²) in [5.74, 6) is 6.18. The third-order valence-corrected chi connectivity index (χ3v) is 6.76. The number of nitrogens with zero attached hydrogens (tertiary/aromatic N) is 1. The van der Waals surface area contributed by atoms with Crippen molar-refractivity contribution in [3.63, 3.8) is 0 Å². The Balaban J connectivity index is 1.97. The van der Waals surface area contributed by atoms with Crippen LogP contribution in [0.2, 0.25) is 0 Å². The van der Waals surface area contributed by atoms with Gasteiger partial charge in [-0.05, 0) is 69.7 Å². The fourth-order valence-corrected chi connectivity index (χ4v) is 5.15. The molecule has 7 N–H and O–H groups in total. The molecular formula is C29H37N5O4. The molecule has 1 unspecified atom stereocenters. The number of aliphatic hydroxyl groups excluding tert-OH is 1. The minimum Gasteiger partial charge on any atom is -0.444 e. The van der Waals surface area contributed by atoms with Crippen LogP contribution in [0.25, 0.3) is 0 Å². The van der Waals surface area contributed by atoms with Gasteiger partial charge in [0.2, 0.25) is 5.88 Å². The van der Waals surface area contributed by atoms with Crippen molar-refractivity contribution >= 4 is 11.8 Å². The standard InChI is InChI=1S/C29H37N5O4/c1-16(2)29(23(14-30)25(32)37-26(33)24(29)17(3)31)21-10-18(9-20(11-21)15-35)7-8-19-12-22(13-19)34-27(36)38-28(4,5)6/h9-11,16,19,22,31,35H,12-13,15,32-33H2,1-6H3,(H,34,36). The van der Waals surface area contributed by atoms with Crippen LogP contribution >= 0.6 is 0 Å². The highest BCUT2D eigenvalue weighted by Gasteiger charge is 2.50. The number of nitrogens with one attached hydrogen (secondary N) is 2. The second-order valence-electron chi connectivity index (χ2n) is 11.1. The highest BCUT2D eigenvalue weighted by Crippen LogP contribution is 2.50. The molecule has 1 aliphatic heterocycles. The second-order valence-corrected chi connectivity index (χ2v) is 11.1. The van der Waals surface area contributed by atoms with E-state index < -0.39 is 17.1 Å². The number of ether oxygens (including phenoxy) is 2. The van der Waals surface area contributed by atoms with Gasteiger partial charge < -0.3 is 36.8 Å². The summed E-state index contributed by atoms with van der Waals surface area (Å²) in [7, 11) is 0. The average molecular weight is 520 g/mol. The maximum Gasteiger partial charge on any atom is 0.407 e.